The van der Waals surface area contributed by atoms with Gasteiger partial charge in [0.25, 0.3) is 0 Å². The van der Waals surface area contributed by atoms with Crippen molar-refractivity contribution in [2.75, 3.05) is 0 Å². The number of carbonyl (C=O) groups excluding carboxylic acids is 5. The van der Waals surface area contributed by atoms with Gasteiger partial charge in [-0.1, -0.05) is 17.7 Å². The van der Waals surface area contributed by atoms with Crippen LogP contribution >= 0.6 is 22.1 Å². The maximum atomic E-state index is 13.5. The lowest BCUT2D eigenvalue weighted by Gasteiger charge is -2.39. The number of nitrogens with one attached hydrogen (secondary N) is 1. The van der Waals surface area contributed by atoms with Gasteiger partial charge in [-0.15, -0.1) is 11.3 Å². The summed E-state index contributed by atoms with van der Waals surface area (Å²) < 4.78 is 22.6. The number of rotatable bonds is 2. The number of hydrogen-bond acceptors (Lipinski definition) is 11. The molecule has 3 heterocycles. The number of fused-ring (bicyclic) bond motifs is 2. The van der Waals surface area contributed by atoms with E-state index in [0.29, 0.717) is 27.1 Å². The first-order valence-corrected chi connectivity index (χ1v) is 15.5. The maximum Gasteiger partial charge on any atom is 0.303 e. The van der Waals surface area contributed by atoms with Crippen LogP contribution in [0.5, 0.6) is 0 Å². The highest BCUT2D eigenvalue weighted by atomic mass is 33.1. The van der Waals surface area contributed by atoms with Crippen LogP contribution in [0.2, 0.25) is 0 Å². The second-order valence-corrected chi connectivity index (χ2v) is 13.6. The molecule has 0 saturated carbocycles. The summed E-state index contributed by atoms with van der Waals surface area (Å²) in [5.41, 5.74) is -0.643. The molecule has 2 aliphatic rings. The summed E-state index contributed by atoms with van der Waals surface area (Å²) in [5.74, 6) is -2.37. The third-order valence-corrected chi connectivity index (χ3v) is 11.4. The molecule has 1 N–H and O–H groups in total. The fraction of sp³-hybridized carbons (Fsp3) is 0.462. The zero-order valence-electron chi connectivity index (χ0n) is 22.2. The SMILES string of the molecule is CC(=O)O[C@@H]1/C=C(\C)CC[C@]2(CC(=O)N[C@H](C)c3nc(cs3)/C=C\C=C\C1=O)S(=O)SC(=O)[C@]2(C)OC(C)=O. The molecular weight excluding hydrogens is 564 g/mol. The van der Waals surface area contributed by atoms with Crippen molar-refractivity contribution in [3.63, 3.8) is 0 Å². The Kier molecular flexibility index (Phi) is 9.83. The molecule has 1 unspecified atom stereocenters. The zero-order chi connectivity index (χ0) is 29.0. The predicted octanol–water partition coefficient (Wildman–Crippen LogP) is 3.52. The van der Waals surface area contributed by atoms with E-state index in [0.717, 1.165) is 6.92 Å². The van der Waals surface area contributed by atoms with Crippen LogP contribution in [-0.2, 0) is 43.3 Å². The smallest absolute Gasteiger partial charge is 0.303 e. The van der Waals surface area contributed by atoms with Crippen LogP contribution in [-0.4, -0.2) is 54.4 Å². The number of ketones is 1. The van der Waals surface area contributed by atoms with E-state index in [4.69, 9.17) is 9.47 Å². The van der Waals surface area contributed by atoms with Gasteiger partial charge >= 0.3 is 11.9 Å². The molecule has 1 amide bonds. The van der Waals surface area contributed by atoms with Crippen molar-refractivity contribution in [2.24, 2.45) is 0 Å². The first kappa shape index (κ1) is 30.6. The van der Waals surface area contributed by atoms with Crippen LogP contribution in [0, 0.1) is 0 Å². The molecule has 3 rings (SSSR count). The van der Waals surface area contributed by atoms with E-state index in [-0.39, 0.29) is 19.3 Å². The van der Waals surface area contributed by atoms with Crippen molar-refractivity contribution >= 4 is 66.8 Å². The Morgan fingerprint density at radius 1 is 1.15 bits per heavy atom. The number of hydrogen-bond donors (Lipinski definition) is 1. The molecule has 0 radical (unpaired) electrons. The first-order valence-electron chi connectivity index (χ1n) is 12.1. The van der Waals surface area contributed by atoms with Gasteiger partial charge in [0.1, 0.15) is 9.75 Å². The number of thiazole rings is 1. The molecule has 2 bridgehead atoms. The number of esters is 2. The molecule has 13 heteroatoms. The number of carbonyl (C=O) groups is 5. The summed E-state index contributed by atoms with van der Waals surface area (Å²) in [6, 6.07) is -0.484. The fourth-order valence-corrected chi connectivity index (χ4v) is 9.11. The quantitative estimate of drug-likeness (QED) is 0.307. The van der Waals surface area contributed by atoms with Gasteiger partial charge in [-0.3, -0.25) is 24.0 Å². The third-order valence-electron chi connectivity index (χ3n) is 6.38. The lowest BCUT2D eigenvalue weighted by molar-refractivity contribution is -0.164. The number of aromatic nitrogens is 1. The van der Waals surface area contributed by atoms with Gasteiger partial charge in [-0.25, -0.2) is 9.19 Å². The summed E-state index contributed by atoms with van der Waals surface area (Å²) >= 11 is 1.33. The standard InChI is InChI=1S/C26H30N2O8S3/c1-15-10-11-26(25(5,36-18(4)30)24(33)38-39(26)34)13-22(32)27-16(2)23-28-19(14-37-23)8-6-7-9-20(31)21(12-15)35-17(3)29/h6-9,12,14,16,21H,10-11,13H2,1-5H3,(H,27,32)/b8-6-,9-7+,15-12+/t16-,21-,25+,26-,39?/m1/s1. The molecule has 1 saturated heterocycles. The minimum atomic E-state index is -1.94. The lowest BCUT2D eigenvalue weighted by atomic mass is 9.81. The zero-order valence-corrected chi connectivity index (χ0v) is 24.6. The molecule has 1 fully saturated rings. The van der Waals surface area contributed by atoms with Crippen LogP contribution in [0.4, 0.5) is 0 Å². The van der Waals surface area contributed by atoms with Crippen LogP contribution in [0.15, 0.2) is 35.3 Å². The normalized spacial score (nSPS) is 33.3. The monoisotopic (exact) mass is 594 g/mol. The largest absolute Gasteiger partial charge is 0.450 e. The van der Waals surface area contributed by atoms with Gasteiger partial charge in [-0.05, 0) is 51.8 Å². The molecule has 39 heavy (non-hydrogen) atoms. The van der Waals surface area contributed by atoms with Crippen LogP contribution < -0.4 is 5.32 Å². The van der Waals surface area contributed by atoms with E-state index < -0.39 is 61.1 Å². The average molecular weight is 595 g/mol. The Balaban J connectivity index is 2.10. The van der Waals surface area contributed by atoms with E-state index in [1.165, 1.54) is 43.4 Å². The number of allylic oxidation sites excluding steroid dienone is 3. The molecule has 1 aromatic rings. The van der Waals surface area contributed by atoms with E-state index in [2.05, 4.69) is 10.3 Å². The average Bonchev–Trinajstić information content (AvgIpc) is 3.37. The van der Waals surface area contributed by atoms with Crippen molar-refractivity contribution in [1.82, 2.24) is 10.3 Å². The second-order valence-electron chi connectivity index (χ2n) is 9.47. The number of amides is 1. The fourth-order valence-electron chi connectivity index (χ4n) is 4.32. The van der Waals surface area contributed by atoms with Gasteiger partial charge in [0, 0.05) is 36.4 Å². The molecule has 10 nitrogen and oxygen atoms in total. The summed E-state index contributed by atoms with van der Waals surface area (Å²) in [6.07, 6.45) is 6.19. The Morgan fingerprint density at radius 3 is 2.51 bits per heavy atom. The maximum absolute atomic E-state index is 13.5. The Morgan fingerprint density at radius 2 is 1.85 bits per heavy atom. The molecule has 0 aromatic carbocycles. The molecule has 210 valence electrons. The van der Waals surface area contributed by atoms with Gasteiger partial charge in [-0.2, -0.15) is 0 Å². The lowest BCUT2D eigenvalue weighted by Crippen LogP contribution is -2.57. The van der Waals surface area contributed by atoms with Crippen molar-refractivity contribution < 1.29 is 37.7 Å². The highest BCUT2D eigenvalue weighted by molar-refractivity contribution is 8.76. The van der Waals surface area contributed by atoms with Crippen molar-refractivity contribution in [3.8, 4) is 0 Å². The minimum absolute atomic E-state index is 0.00717. The van der Waals surface area contributed by atoms with Crippen molar-refractivity contribution in [1.29, 1.82) is 0 Å². The molecule has 5 atom stereocenters. The van der Waals surface area contributed by atoms with Gasteiger partial charge in [0.05, 0.1) is 21.6 Å². The minimum Gasteiger partial charge on any atom is -0.450 e. The van der Waals surface area contributed by atoms with Crippen LogP contribution in [0.3, 0.4) is 0 Å². The Bertz CT molecular complexity index is 1300. The first-order chi connectivity index (χ1) is 18.3. The summed E-state index contributed by atoms with van der Waals surface area (Å²) in [6.45, 7) is 7.16. The van der Waals surface area contributed by atoms with Gasteiger partial charge < -0.3 is 14.8 Å². The second kappa shape index (κ2) is 12.5. The molecule has 1 spiro atoms. The molecular formula is C26H30N2O8S3. The van der Waals surface area contributed by atoms with Gasteiger partial charge in [0.15, 0.2) is 17.5 Å². The van der Waals surface area contributed by atoms with Crippen molar-refractivity contribution in [3.05, 3.63) is 46.0 Å². The van der Waals surface area contributed by atoms with Crippen molar-refractivity contribution in [2.45, 2.75) is 76.4 Å². The van der Waals surface area contributed by atoms with E-state index in [1.54, 1.807) is 31.4 Å². The highest BCUT2D eigenvalue weighted by Crippen LogP contribution is 2.52. The third kappa shape index (κ3) is 7.00. The van der Waals surface area contributed by atoms with E-state index in [1.807, 2.05) is 0 Å². The highest BCUT2D eigenvalue weighted by Gasteiger charge is 2.66. The summed E-state index contributed by atoms with van der Waals surface area (Å²) in [4.78, 5) is 67.3. The van der Waals surface area contributed by atoms with E-state index in [9.17, 15) is 28.2 Å². The van der Waals surface area contributed by atoms with E-state index >= 15 is 0 Å². The number of ether oxygens (including phenoxy) is 2. The summed E-state index contributed by atoms with van der Waals surface area (Å²) in [7, 11) is -1.40. The summed E-state index contributed by atoms with van der Waals surface area (Å²) in [5, 5.41) is 4.65. The Hall–Kier alpha value is -2.90. The predicted molar refractivity (Wildman–Crippen MR) is 149 cm³/mol. The Labute approximate surface area is 236 Å². The molecule has 1 aromatic heterocycles. The molecule has 0 aliphatic carbocycles. The topological polar surface area (TPSA) is 146 Å². The van der Waals surface area contributed by atoms with Crippen LogP contribution in [0.25, 0.3) is 6.08 Å². The molecule has 2 aliphatic heterocycles. The number of nitrogens with zero attached hydrogens (tertiary/aromatic N) is 1. The van der Waals surface area contributed by atoms with Crippen LogP contribution in [0.1, 0.15) is 70.6 Å². The van der Waals surface area contributed by atoms with Gasteiger partial charge in [0.2, 0.25) is 11.0 Å².